The van der Waals surface area contributed by atoms with Crippen molar-refractivity contribution in [1.82, 2.24) is 15.5 Å². The molecule has 2 aliphatic heterocycles. The molecule has 0 amide bonds. The molecular weight excluding hydrogens is 230 g/mol. The molecule has 0 radical (unpaired) electrons. The third kappa shape index (κ3) is 2.03. The van der Waals surface area contributed by atoms with Gasteiger partial charge < -0.3 is 9.84 Å². The quantitative estimate of drug-likeness (QED) is 0.844. The molecule has 2 saturated heterocycles. The monoisotopic (exact) mass is 243 g/mol. The SMILES string of the molecule is C1CSC(c2noc(C3CNC3)n2)CS1. The Labute approximate surface area is 97.0 Å². The first-order valence-corrected chi connectivity index (χ1v) is 7.37. The van der Waals surface area contributed by atoms with Gasteiger partial charge in [-0.15, -0.1) is 11.8 Å². The first kappa shape index (κ1) is 9.99. The molecule has 4 nitrogen and oxygen atoms in total. The predicted octanol–water partition coefficient (Wildman–Crippen LogP) is 1.28. The largest absolute Gasteiger partial charge is 0.339 e. The molecule has 6 heteroatoms. The highest BCUT2D eigenvalue weighted by molar-refractivity contribution is 8.06. The standard InChI is InChI=1S/C9H13N3OS2/c1-2-15-7(5-14-1)8-11-9(13-12-8)6-3-10-4-6/h6-7,10H,1-5H2. The lowest BCUT2D eigenvalue weighted by Crippen LogP contribution is -2.40. The summed E-state index contributed by atoms with van der Waals surface area (Å²) in [7, 11) is 0. The minimum atomic E-state index is 0.439. The number of thioether (sulfide) groups is 2. The molecule has 15 heavy (non-hydrogen) atoms. The maximum Gasteiger partial charge on any atom is 0.232 e. The van der Waals surface area contributed by atoms with E-state index in [1.54, 1.807) is 0 Å². The van der Waals surface area contributed by atoms with Gasteiger partial charge in [-0.25, -0.2) is 0 Å². The molecule has 1 aromatic rings. The van der Waals surface area contributed by atoms with Crippen LogP contribution >= 0.6 is 23.5 Å². The summed E-state index contributed by atoms with van der Waals surface area (Å²) in [4.78, 5) is 4.50. The summed E-state index contributed by atoms with van der Waals surface area (Å²) in [6, 6.07) is 0. The number of nitrogens with one attached hydrogen (secondary N) is 1. The molecule has 82 valence electrons. The summed E-state index contributed by atoms with van der Waals surface area (Å²) in [5.41, 5.74) is 0. The first-order valence-electron chi connectivity index (χ1n) is 5.17. The Hall–Kier alpha value is -0.200. The van der Waals surface area contributed by atoms with Crippen LogP contribution < -0.4 is 5.32 Å². The van der Waals surface area contributed by atoms with E-state index >= 15 is 0 Å². The molecule has 0 saturated carbocycles. The smallest absolute Gasteiger partial charge is 0.232 e. The lowest BCUT2D eigenvalue weighted by molar-refractivity contribution is 0.306. The van der Waals surface area contributed by atoms with E-state index in [-0.39, 0.29) is 0 Å². The van der Waals surface area contributed by atoms with Gasteiger partial charge in [0.15, 0.2) is 5.82 Å². The molecule has 1 atom stereocenters. The van der Waals surface area contributed by atoms with Crippen molar-refractivity contribution < 1.29 is 4.52 Å². The topological polar surface area (TPSA) is 51.0 Å². The second-order valence-corrected chi connectivity index (χ2v) is 6.24. The fourth-order valence-corrected chi connectivity index (χ4v) is 4.23. The molecule has 1 N–H and O–H groups in total. The van der Waals surface area contributed by atoms with Gasteiger partial charge in [0.25, 0.3) is 0 Å². The van der Waals surface area contributed by atoms with Gasteiger partial charge in [0.2, 0.25) is 5.89 Å². The van der Waals surface area contributed by atoms with Crippen molar-refractivity contribution in [3.8, 4) is 0 Å². The molecule has 3 rings (SSSR count). The van der Waals surface area contributed by atoms with Crippen LogP contribution in [0.25, 0.3) is 0 Å². The van der Waals surface area contributed by atoms with E-state index in [2.05, 4.69) is 15.5 Å². The summed E-state index contributed by atoms with van der Waals surface area (Å²) < 4.78 is 5.30. The van der Waals surface area contributed by atoms with Gasteiger partial charge in [-0.1, -0.05) is 5.16 Å². The van der Waals surface area contributed by atoms with Crippen LogP contribution in [0.4, 0.5) is 0 Å². The normalized spacial score (nSPS) is 27.6. The van der Waals surface area contributed by atoms with Crippen molar-refractivity contribution in [2.45, 2.75) is 11.2 Å². The fraction of sp³-hybridized carbons (Fsp3) is 0.778. The van der Waals surface area contributed by atoms with Crippen LogP contribution in [-0.4, -0.2) is 40.5 Å². The van der Waals surface area contributed by atoms with E-state index in [0.29, 0.717) is 11.2 Å². The highest BCUT2D eigenvalue weighted by atomic mass is 32.2. The summed E-state index contributed by atoms with van der Waals surface area (Å²) in [6.45, 7) is 1.96. The average Bonchev–Trinajstić information content (AvgIpc) is 2.66. The minimum absolute atomic E-state index is 0.439. The number of hydrogen-bond acceptors (Lipinski definition) is 6. The lowest BCUT2D eigenvalue weighted by atomic mass is 10.0. The Balaban J connectivity index is 1.71. The van der Waals surface area contributed by atoms with Gasteiger partial charge >= 0.3 is 0 Å². The molecule has 2 aliphatic rings. The summed E-state index contributed by atoms with van der Waals surface area (Å²) in [5.74, 6) is 5.73. The summed E-state index contributed by atoms with van der Waals surface area (Å²) in [5, 5.41) is 7.75. The molecular formula is C9H13N3OS2. The van der Waals surface area contributed by atoms with Gasteiger partial charge in [0.1, 0.15) is 0 Å². The number of aromatic nitrogens is 2. The van der Waals surface area contributed by atoms with Gasteiger partial charge in [0, 0.05) is 30.3 Å². The number of rotatable bonds is 2. The summed E-state index contributed by atoms with van der Waals surface area (Å²) >= 11 is 3.93. The van der Waals surface area contributed by atoms with Crippen LogP contribution in [0, 0.1) is 0 Å². The zero-order valence-electron chi connectivity index (χ0n) is 8.31. The highest BCUT2D eigenvalue weighted by Gasteiger charge is 2.28. The molecule has 3 heterocycles. The summed E-state index contributed by atoms with van der Waals surface area (Å²) in [6.07, 6.45) is 0. The molecule has 0 aromatic carbocycles. The van der Waals surface area contributed by atoms with Crippen LogP contribution in [0.1, 0.15) is 22.9 Å². The molecule has 0 bridgehead atoms. The Morgan fingerprint density at radius 3 is 2.93 bits per heavy atom. The van der Waals surface area contributed by atoms with Crippen LogP contribution in [0.2, 0.25) is 0 Å². The van der Waals surface area contributed by atoms with E-state index < -0.39 is 0 Å². The molecule has 0 spiro atoms. The third-order valence-electron chi connectivity index (χ3n) is 2.69. The molecule has 0 aliphatic carbocycles. The maximum absolute atomic E-state index is 5.30. The van der Waals surface area contributed by atoms with Crippen LogP contribution in [0.3, 0.4) is 0 Å². The van der Waals surface area contributed by atoms with E-state index in [1.807, 2.05) is 23.5 Å². The molecule has 2 fully saturated rings. The maximum atomic E-state index is 5.30. The van der Waals surface area contributed by atoms with E-state index in [0.717, 1.165) is 30.6 Å². The van der Waals surface area contributed by atoms with Gasteiger partial charge in [-0.3, -0.25) is 0 Å². The molecule has 1 aromatic heterocycles. The molecule has 1 unspecified atom stereocenters. The van der Waals surface area contributed by atoms with Gasteiger partial charge in [-0.05, 0) is 0 Å². The average molecular weight is 243 g/mol. The first-order chi connectivity index (χ1) is 7.43. The second-order valence-electron chi connectivity index (χ2n) is 3.78. The fourth-order valence-electron chi connectivity index (χ4n) is 1.64. The van der Waals surface area contributed by atoms with Crippen molar-refractivity contribution in [1.29, 1.82) is 0 Å². The van der Waals surface area contributed by atoms with Crippen molar-refractivity contribution in [3.63, 3.8) is 0 Å². The number of hydrogen-bond donors (Lipinski definition) is 1. The van der Waals surface area contributed by atoms with Crippen molar-refractivity contribution in [3.05, 3.63) is 11.7 Å². The third-order valence-corrected chi connectivity index (χ3v) is 5.44. The van der Waals surface area contributed by atoms with E-state index in [1.165, 1.54) is 11.5 Å². The van der Waals surface area contributed by atoms with E-state index in [4.69, 9.17) is 4.52 Å². The van der Waals surface area contributed by atoms with Crippen LogP contribution in [0.15, 0.2) is 4.52 Å². The van der Waals surface area contributed by atoms with Crippen molar-refractivity contribution in [2.24, 2.45) is 0 Å². The zero-order valence-corrected chi connectivity index (χ0v) is 9.94. The Kier molecular flexibility index (Phi) is 2.90. The van der Waals surface area contributed by atoms with Crippen molar-refractivity contribution in [2.75, 3.05) is 30.3 Å². The van der Waals surface area contributed by atoms with Gasteiger partial charge in [0.05, 0.1) is 11.2 Å². The van der Waals surface area contributed by atoms with Crippen molar-refractivity contribution >= 4 is 23.5 Å². The number of nitrogens with zero attached hydrogens (tertiary/aromatic N) is 2. The van der Waals surface area contributed by atoms with Gasteiger partial charge in [-0.2, -0.15) is 16.7 Å². The Bertz CT molecular complexity index is 334. The lowest BCUT2D eigenvalue weighted by Gasteiger charge is -2.22. The van der Waals surface area contributed by atoms with E-state index in [9.17, 15) is 0 Å². The Morgan fingerprint density at radius 1 is 1.33 bits per heavy atom. The highest BCUT2D eigenvalue weighted by Crippen LogP contribution is 2.35. The predicted molar refractivity (Wildman–Crippen MR) is 62.4 cm³/mol. The second kappa shape index (κ2) is 4.35. The Morgan fingerprint density at radius 2 is 2.27 bits per heavy atom. The van der Waals surface area contributed by atoms with Crippen LogP contribution in [-0.2, 0) is 0 Å². The van der Waals surface area contributed by atoms with Crippen LogP contribution in [0.5, 0.6) is 0 Å². The zero-order chi connectivity index (χ0) is 10.1. The minimum Gasteiger partial charge on any atom is -0.339 e.